The molecule has 156 valence electrons. The lowest BCUT2D eigenvalue weighted by Crippen LogP contribution is -2.19. The third-order valence-electron chi connectivity index (χ3n) is 5.95. The van der Waals surface area contributed by atoms with Gasteiger partial charge in [-0.05, 0) is 56.0 Å². The highest BCUT2D eigenvalue weighted by molar-refractivity contribution is 6.06. The molecule has 6 nitrogen and oxygen atoms in total. The van der Waals surface area contributed by atoms with Crippen molar-refractivity contribution in [1.29, 1.82) is 0 Å². The number of nitrogens with one attached hydrogen (secondary N) is 1. The fourth-order valence-electron chi connectivity index (χ4n) is 4.36. The van der Waals surface area contributed by atoms with Crippen molar-refractivity contribution in [2.24, 2.45) is 0 Å². The van der Waals surface area contributed by atoms with Crippen LogP contribution in [0.4, 0.5) is 5.69 Å². The zero-order valence-corrected chi connectivity index (χ0v) is 17.1. The summed E-state index contributed by atoms with van der Waals surface area (Å²) >= 11 is 0. The van der Waals surface area contributed by atoms with E-state index >= 15 is 0 Å². The monoisotopic (exact) mass is 405 g/mol. The Balaban J connectivity index is 1.33. The van der Waals surface area contributed by atoms with E-state index in [1.54, 1.807) is 6.07 Å². The number of ether oxygens (including phenoxy) is 2. The third-order valence-corrected chi connectivity index (χ3v) is 5.95. The highest BCUT2D eigenvalue weighted by Gasteiger charge is 2.19. The summed E-state index contributed by atoms with van der Waals surface area (Å²) in [7, 11) is 0. The summed E-state index contributed by atoms with van der Waals surface area (Å²) < 4.78 is 13.9. The number of carbonyl (C=O) groups is 1. The molecule has 1 atom stereocenters. The lowest BCUT2D eigenvalue weighted by Gasteiger charge is -2.14. The van der Waals surface area contributed by atoms with Crippen LogP contribution in [0, 0.1) is 0 Å². The average molecular weight is 405 g/mol. The van der Waals surface area contributed by atoms with Gasteiger partial charge in [-0.3, -0.25) is 4.79 Å². The van der Waals surface area contributed by atoms with Crippen LogP contribution in [0.1, 0.15) is 48.3 Å². The van der Waals surface area contributed by atoms with Gasteiger partial charge < -0.3 is 19.4 Å². The van der Waals surface area contributed by atoms with E-state index in [2.05, 4.69) is 16.0 Å². The molecule has 0 bridgehead atoms. The first kappa shape index (κ1) is 19.1. The van der Waals surface area contributed by atoms with Gasteiger partial charge in [0.2, 0.25) is 0 Å². The zero-order chi connectivity index (χ0) is 20.3. The molecule has 3 aromatic rings. The molecule has 0 spiro atoms. The molecule has 0 aliphatic carbocycles. The highest BCUT2D eigenvalue weighted by atomic mass is 16.5. The van der Waals surface area contributed by atoms with Gasteiger partial charge in [0.05, 0.1) is 22.7 Å². The summed E-state index contributed by atoms with van der Waals surface area (Å²) in [5, 5.41) is 3.01. The molecule has 1 unspecified atom stereocenters. The molecule has 30 heavy (non-hydrogen) atoms. The Labute approximate surface area is 176 Å². The molecule has 2 aromatic carbocycles. The third kappa shape index (κ3) is 3.92. The predicted octanol–water partition coefficient (Wildman–Crippen LogP) is 4.57. The number of imidazole rings is 1. The standard InChI is InChI=1S/C24H27N3O3/c28-24(19-8-3-4-9-22(19)30-16-18-7-6-14-29-18)25-17-11-12-21-20(15-17)26-23-10-2-1-5-13-27(21)23/h3-4,8-9,11-12,15,18H,1-2,5-7,10,13-14,16H2,(H,25,28). The van der Waals surface area contributed by atoms with Crippen molar-refractivity contribution >= 4 is 22.6 Å². The Bertz CT molecular complexity index is 1050. The summed E-state index contributed by atoms with van der Waals surface area (Å²) in [4.78, 5) is 17.8. The molecule has 1 aromatic heterocycles. The maximum atomic E-state index is 13.0. The summed E-state index contributed by atoms with van der Waals surface area (Å²) in [6.07, 6.45) is 6.84. The maximum Gasteiger partial charge on any atom is 0.259 e. The van der Waals surface area contributed by atoms with Crippen LogP contribution < -0.4 is 10.1 Å². The fraction of sp³-hybridized carbons (Fsp3) is 0.417. The topological polar surface area (TPSA) is 65.4 Å². The summed E-state index contributed by atoms with van der Waals surface area (Å²) in [6, 6.07) is 13.3. The van der Waals surface area contributed by atoms with E-state index in [0.717, 1.165) is 55.0 Å². The Morgan fingerprint density at radius 1 is 1.17 bits per heavy atom. The van der Waals surface area contributed by atoms with Gasteiger partial charge in [-0.15, -0.1) is 0 Å². The molecular weight excluding hydrogens is 378 g/mol. The highest BCUT2D eigenvalue weighted by Crippen LogP contribution is 2.26. The number of carbonyl (C=O) groups excluding carboxylic acids is 1. The SMILES string of the molecule is O=C(Nc1ccc2c(c1)nc1n2CCCCC1)c1ccccc1OCC1CCCO1. The number of hydrogen-bond acceptors (Lipinski definition) is 4. The minimum absolute atomic E-state index is 0.111. The Morgan fingerprint density at radius 3 is 3.00 bits per heavy atom. The normalized spacial score (nSPS) is 18.7. The van der Waals surface area contributed by atoms with Crippen molar-refractivity contribution in [3.05, 3.63) is 53.9 Å². The average Bonchev–Trinajstić information content (AvgIpc) is 3.34. The van der Waals surface area contributed by atoms with Crippen LogP contribution >= 0.6 is 0 Å². The molecule has 1 fully saturated rings. The van der Waals surface area contributed by atoms with E-state index in [4.69, 9.17) is 14.5 Å². The Morgan fingerprint density at radius 2 is 2.10 bits per heavy atom. The van der Waals surface area contributed by atoms with Crippen molar-refractivity contribution in [1.82, 2.24) is 9.55 Å². The predicted molar refractivity (Wildman–Crippen MR) is 116 cm³/mol. The number of aryl methyl sites for hydroxylation is 2. The molecule has 6 heteroatoms. The number of rotatable bonds is 5. The van der Waals surface area contributed by atoms with Crippen LogP contribution in [0.5, 0.6) is 5.75 Å². The number of benzene rings is 2. The van der Waals surface area contributed by atoms with E-state index in [1.165, 1.54) is 19.3 Å². The van der Waals surface area contributed by atoms with Crippen molar-refractivity contribution < 1.29 is 14.3 Å². The van der Waals surface area contributed by atoms with E-state index in [-0.39, 0.29) is 12.0 Å². The second-order valence-corrected chi connectivity index (χ2v) is 8.09. The van der Waals surface area contributed by atoms with Crippen molar-refractivity contribution in [2.45, 2.75) is 51.2 Å². The van der Waals surface area contributed by atoms with Gasteiger partial charge in [0.15, 0.2) is 0 Å². The first-order chi connectivity index (χ1) is 14.8. The van der Waals surface area contributed by atoms with Gasteiger partial charge in [-0.25, -0.2) is 4.98 Å². The number of fused-ring (bicyclic) bond motifs is 3. The van der Waals surface area contributed by atoms with Crippen LogP contribution in [0.25, 0.3) is 11.0 Å². The molecule has 1 saturated heterocycles. The molecule has 2 aliphatic rings. The maximum absolute atomic E-state index is 13.0. The second kappa shape index (κ2) is 8.48. The van der Waals surface area contributed by atoms with E-state index in [9.17, 15) is 4.79 Å². The fourth-order valence-corrected chi connectivity index (χ4v) is 4.36. The van der Waals surface area contributed by atoms with Crippen LogP contribution in [-0.2, 0) is 17.7 Å². The van der Waals surface area contributed by atoms with Crippen molar-refractivity contribution in [2.75, 3.05) is 18.5 Å². The molecule has 2 aliphatic heterocycles. The summed E-state index contributed by atoms with van der Waals surface area (Å²) in [6.45, 7) is 2.28. The molecule has 3 heterocycles. The van der Waals surface area contributed by atoms with E-state index in [0.29, 0.717) is 17.9 Å². The van der Waals surface area contributed by atoms with Gasteiger partial charge in [0, 0.05) is 25.3 Å². The molecule has 5 rings (SSSR count). The van der Waals surface area contributed by atoms with E-state index in [1.807, 2.05) is 30.3 Å². The molecule has 1 amide bonds. The minimum Gasteiger partial charge on any atom is -0.490 e. The summed E-state index contributed by atoms with van der Waals surface area (Å²) in [5.41, 5.74) is 3.35. The van der Waals surface area contributed by atoms with Crippen LogP contribution in [0.15, 0.2) is 42.5 Å². The molecule has 0 saturated carbocycles. The first-order valence-corrected chi connectivity index (χ1v) is 10.9. The Kier molecular flexibility index (Phi) is 5.41. The number of anilines is 1. The lowest BCUT2D eigenvalue weighted by molar-refractivity contribution is 0.0673. The quantitative estimate of drug-likeness (QED) is 0.675. The lowest BCUT2D eigenvalue weighted by atomic mass is 10.1. The molecule has 0 radical (unpaired) electrons. The summed E-state index contributed by atoms with van der Waals surface area (Å²) in [5.74, 6) is 1.55. The number of amides is 1. The van der Waals surface area contributed by atoms with Gasteiger partial charge >= 0.3 is 0 Å². The van der Waals surface area contributed by atoms with Crippen molar-refractivity contribution in [3.8, 4) is 5.75 Å². The van der Waals surface area contributed by atoms with Gasteiger partial charge in [-0.2, -0.15) is 0 Å². The number of para-hydroxylation sites is 1. The zero-order valence-electron chi connectivity index (χ0n) is 17.1. The van der Waals surface area contributed by atoms with Crippen LogP contribution in [0.3, 0.4) is 0 Å². The number of hydrogen-bond donors (Lipinski definition) is 1. The van der Waals surface area contributed by atoms with Crippen molar-refractivity contribution in [3.63, 3.8) is 0 Å². The second-order valence-electron chi connectivity index (χ2n) is 8.09. The van der Waals surface area contributed by atoms with Gasteiger partial charge in [0.1, 0.15) is 18.2 Å². The smallest absolute Gasteiger partial charge is 0.259 e. The van der Waals surface area contributed by atoms with E-state index < -0.39 is 0 Å². The van der Waals surface area contributed by atoms with Crippen LogP contribution in [-0.4, -0.2) is 34.8 Å². The van der Waals surface area contributed by atoms with Gasteiger partial charge in [-0.1, -0.05) is 18.6 Å². The Hall–Kier alpha value is -2.86. The number of aromatic nitrogens is 2. The minimum atomic E-state index is -0.182. The number of nitrogens with zero attached hydrogens (tertiary/aromatic N) is 2. The van der Waals surface area contributed by atoms with Crippen LogP contribution in [0.2, 0.25) is 0 Å². The molecule has 1 N–H and O–H groups in total. The largest absolute Gasteiger partial charge is 0.490 e. The van der Waals surface area contributed by atoms with Gasteiger partial charge in [0.25, 0.3) is 5.91 Å². The first-order valence-electron chi connectivity index (χ1n) is 10.9. The molecular formula is C24H27N3O3.